The van der Waals surface area contributed by atoms with E-state index >= 15 is 0 Å². The maximum absolute atomic E-state index is 13.2. The summed E-state index contributed by atoms with van der Waals surface area (Å²) in [5.74, 6) is -0.622. The second-order valence-electron chi connectivity index (χ2n) is 7.73. The molecule has 0 aliphatic carbocycles. The van der Waals surface area contributed by atoms with Gasteiger partial charge in [-0.2, -0.15) is 5.26 Å². The molecule has 1 saturated heterocycles. The van der Waals surface area contributed by atoms with Crippen molar-refractivity contribution in [2.45, 2.75) is 32.2 Å². The summed E-state index contributed by atoms with van der Waals surface area (Å²) >= 11 is 0. The van der Waals surface area contributed by atoms with Crippen LogP contribution in [0.4, 0.5) is 0 Å². The molecule has 1 aromatic carbocycles. The lowest BCUT2D eigenvalue weighted by atomic mass is 9.61. The molecule has 2 atom stereocenters. The summed E-state index contributed by atoms with van der Waals surface area (Å²) in [4.78, 5) is 15.4. The van der Waals surface area contributed by atoms with E-state index in [2.05, 4.69) is 33.3 Å². The number of piperidine rings is 1. The van der Waals surface area contributed by atoms with Gasteiger partial charge < -0.3 is 15.2 Å². The molecule has 0 radical (unpaired) electrons. The van der Waals surface area contributed by atoms with E-state index in [9.17, 15) is 10.1 Å². The van der Waals surface area contributed by atoms with Gasteiger partial charge in [-0.3, -0.25) is 14.8 Å². The van der Waals surface area contributed by atoms with E-state index in [0.717, 1.165) is 11.3 Å². The second-order valence-corrected chi connectivity index (χ2v) is 7.73. The number of carbonyl (C=O) groups is 1. The molecule has 2 aromatic rings. The molecule has 1 fully saturated rings. The number of benzene rings is 1. The number of aromatic nitrogens is 2. The molecular weight excluding hydrogens is 382 g/mol. The topological polar surface area (TPSA) is 117 Å². The maximum Gasteiger partial charge on any atom is 0.311 e. The summed E-state index contributed by atoms with van der Waals surface area (Å²) in [6.45, 7) is 5.75. The van der Waals surface area contributed by atoms with Crippen molar-refractivity contribution in [3.63, 3.8) is 0 Å². The monoisotopic (exact) mass is 407 g/mol. The highest BCUT2D eigenvalue weighted by Gasteiger charge is 2.57. The number of nitrogens with zero attached hydrogens (tertiary/aromatic N) is 3. The Hall–Kier alpha value is -3.31. The van der Waals surface area contributed by atoms with Gasteiger partial charge in [-0.25, -0.2) is 0 Å². The predicted octanol–water partition coefficient (Wildman–Crippen LogP) is 2.13. The van der Waals surface area contributed by atoms with Crippen LogP contribution in [0.5, 0.6) is 5.88 Å². The van der Waals surface area contributed by atoms with E-state index < -0.39 is 11.3 Å². The first-order valence-electron chi connectivity index (χ1n) is 10.1. The highest BCUT2D eigenvalue weighted by atomic mass is 16.5. The van der Waals surface area contributed by atoms with Gasteiger partial charge in [0.25, 0.3) is 0 Å². The summed E-state index contributed by atoms with van der Waals surface area (Å²) in [6.07, 6.45) is 0.531. The van der Waals surface area contributed by atoms with Crippen LogP contribution in [-0.4, -0.2) is 40.8 Å². The zero-order chi connectivity index (χ0) is 21.3. The van der Waals surface area contributed by atoms with E-state index in [1.165, 1.54) is 5.56 Å². The third-order valence-corrected chi connectivity index (χ3v) is 6.05. The normalized spacial score (nSPS) is 23.6. The van der Waals surface area contributed by atoms with Crippen LogP contribution in [0.25, 0.3) is 0 Å². The van der Waals surface area contributed by atoms with Crippen molar-refractivity contribution in [3.05, 3.63) is 58.6 Å². The Kier molecular flexibility index (Phi) is 5.22. The number of carbonyl (C=O) groups excluding carboxylic acids is 1. The second kappa shape index (κ2) is 7.84. The number of nitrogens with two attached hydrogens (primary N) is 1. The molecule has 8 nitrogen and oxygen atoms in total. The Balaban J connectivity index is 1.79. The zero-order valence-corrected chi connectivity index (χ0v) is 17.1. The summed E-state index contributed by atoms with van der Waals surface area (Å²) in [7, 11) is 0. The van der Waals surface area contributed by atoms with Crippen molar-refractivity contribution < 1.29 is 14.3 Å². The fourth-order valence-corrected chi connectivity index (χ4v) is 4.78. The SMILES string of the molecule is CCOC(=O)[C@H]1CN(Cc2ccccc2)CC[C@@]12C(C#N)=C(N)Oc1n[nH]c(C)c12. The molecule has 3 heterocycles. The van der Waals surface area contributed by atoms with Crippen LogP contribution in [0.1, 0.15) is 30.2 Å². The Labute approximate surface area is 175 Å². The summed E-state index contributed by atoms with van der Waals surface area (Å²) in [5, 5.41) is 17.1. The highest BCUT2D eigenvalue weighted by Crippen LogP contribution is 2.52. The predicted molar refractivity (Wildman–Crippen MR) is 109 cm³/mol. The number of esters is 1. The van der Waals surface area contributed by atoms with Crippen molar-refractivity contribution in [2.24, 2.45) is 11.7 Å². The van der Waals surface area contributed by atoms with Gasteiger partial charge in [0.2, 0.25) is 11.8 Å². The van der Waals surface area contributed by atoms with Gasteiger partial charge in [0.15, 0.2) is 0 Å². The van der Waals surface area contributed by atoms with Crippen molar-refractivity contribution >= 4 is 5.97 Å². The van der Waals surface area contributed by atoms with Gasteiger partial charge in [0, 0.05) is 24.3 Å². The molecule has 0 amide bonds. The average molecular weight is 407 g/mol. The number of aromatic amines is 1. The number of allylic oxidation sites excluding steroid dienone is 1. The third-order valence-electron chi connectivity index (χ3n) is 6.05. The molecule has 1 spiro atoms. The van der Waals surface area contributed by atoms with Crippen LogP contribution in [0.2, 0.25) is 0 Å². The molecule has 0 bridgehead atoms. The molecular formula is C22H25N5O3. The first-order valence-corrected chi connectivity index (χ1v) is 10.1. The summed E-state index contributed by atoms with van der Waals surface area (Å²) in [6, 6.07) is 12.3. The molecule has 0 unspecified atom stereocenters. The largest absolute Gasteiger partial charge is 0.466 e. The number of nitriles is 1. The summed E-state index contributed by atoms with van der Waals surface area (Å²) in [5.41, 5.74) is 8.13. The molecule has 30 heavy (non-hydrogen) atoms. The van der Waals surface area contributed by atoms with Crippen molar-refractivity contribution in [3.8, 4) is 11.9 Å². The number of nitrogens with one attached hydrogen (secondary N) is 1. The fourth-order valence-electron chi connectivity index (χ4n) is 4.78. The number of H-pyrrole nitrogens is 1. The Morgan fingerprint density at radius 1 is 1.47 bits per heavy atom. The van der Waals surface area contributed by atoms with Gasteiger partial charge in [-0.05, 0) is 32.4 Å². The van der Waals surface area contributed by atoms with Crippen molar-refractivity contribution in [1.82, 2.24) is 15.1 Å². The third kappa shape index (κ3) is 3.12. The first kappa shape index (κ1) is 20.0. The van der Waals surface area contributed by atoms with Crippen LogP contribution in [0, 0.1) is 24.2 Å². The zero-order valence-electron chi connectivity index (χ0n) is 17.1. The van der Waals surface area contributed by atoms with Crippen LogP contribution in [0.3, 0.4) is 0 Å². The fraction of sp³-hybridized carbons (Fsp3) is 0.409. The minimum atomic E-state index is -0.928. The first-order chi connectivity index (χ1) is 14.5. The highest BCUT2D eigenvalue weighted by molar-refractivity contribution is 5.78. The van der Waals surface area contributed by atoms with Gasteiger partial charge in [-0.15, -0.1) is 5.10 Å². The van der Waals surface area contributed by atoms with Crippen molar-refractivity contribution in [1.29, 1.82) is 5.26 Å². The van der Waals surface area contributed by atoms with Gasteiger partial charge >= 0.3 is 5.97 Å². The maximum atomic E-state index is 13.2. The Bertz CT molecular complexity index is 1020. The number of likely N-dealkylation sites (tertiary alicyclic amines) is 1. The van der Waals surface area contributed by atoms with Gasteiger partial charge in [-0.1, -0.05) is 30.3 Å². The number of rotatable bonds is 4. The van der Waals surface area contributed by atoms with E-state index in [1.807, 2.05) is 25.1 Å². The van der Waals surface area contributed by atoms with E-state index in [1.54, 1.807) is 6.92 Å². The van der Waals surface area contributed by atoms with E-state index in [4.69, 9.17) is 15.2 Å². The van der Waals surface area contributed by atoms with Crippen LogP contribution in [0.15, 0.2) is 41.8 Å². The number of hydrogen-bond acceptors (Lipinski definition) is 7. The van der Waals surface area contributed by atoms with Crippen molar-refractivity contribution in [2.75, 3.05) is 19.7 Å². The number of hydrogen-bond donors (Lipinski definition) is 2. The number of fused-ring (bicyclic) bond motifs is 2. The Morgan fingerprint density at radius 2 is 2.23 bits per heavy atom. The molecule has 2 aliphatic heterocycles. The smallest absolute Gasteiger partial charge is 0.311 e. The number of aryl methyl sites for hydroxylation is 1. The lowest BCUT2D eigenvalue weighted by molar-refractivity contribution is -0.153. The average Bonchev–Trinajstić information content (AvgIpc) is 3.11. The quantitative estimate of drug-likeness (QED) is 0.746. The van der Waals surface area contributed by atoms with Crippen LogP contribution < -0.4 is 10.5 Å². The molecule has 0 saturated carbocycles. The van der Waals surface area contributed by atoms with Crippen LogP contribution >= 0.6 is 0 Å². The van der Waals surface area contributed by atoms with Crippen LogP contribution in [-0.2, 0) is 21.5 Å². The molecule has 8 heteroatoms. The lowest BCUT2D eigenvalue weighted by Gasteiger charge is -2.47. The lowest BCUT2D eigenvalue weighted by Crippen LogP contribution is -2.55. The standard InChI is InChI=1S/C22H25N5O3/c1-3-29-21(28)17-13-27(12-15-7-5-4-6-8-15)10-9-22(17)16(11-23)19(24)30-20-18(22)14(2)25-26-20/h4-8,17H,3,9-10,12-13,24H2,1-2H3,(H,25,26)/t17-,22-/m1/s1. The summed E-state index contributed by atoms with van der Waals surface area (Å²) < 4.78 is 11.1. The number of ether oxygens (including phenoxy) is 2. The molecule has 3 N–H and O–H groups in total. The minimum Gasteiger partial charge on any atom is -0.466 e. The molecule has 2 aliphatic rings. The molecule has 1 aromatic heterocycles. The van der Waals surface area contributed by atoms with Gasteiger partial charge in [0.05, 0.1) is 17.9 Å². The van der Waals surface area contributed by atoms with Gasteiger partial charge in [0.1, 0.15) is 11.6 Å². The van der Waals surface area contributed by atoms with E-state index in [0.29, 0.717) is 31.9 Å². The molecule has 156 valence electrons. The Morgan fingerprint density at radius 3 is 2.93 bits per heavy atom. The minimum absolute atomic E-state index is 0.00214. The molecule has 4 rings (SSSR count). The van der Waals surface area contributed by atoms with E-state index in [-0.39, 0.29) is 24.0 Å².